The average molecular weight is 563 g/mol. The molecule has 1 aromatic heterocycles. The molecule has 0 N–H and O–H groups in total. The molecule has 0 fully saturated rings. The van der Waals surface area contributed by atoms with Crippen molar-refractivity contribution in [3.63, 3.8) is 0 Å². The predicted molar refractivity (Wildman–Crippen MR) is 190 cm³/mol. The summed E-state index contributed by atoms with van der Waals surface area (Å²) in [6, 6.07) is 48.0. The van der Waals surface area contributed by atoms with Crippen LogP contribution in [0, 0.1) is 0 Å². The second kappa shape index (κ2) is 10.6. The SMILES string of the molecule is C=Cc1ccc2c(oc3cccc(-c4c5ccccc5c(-c5cccc(-c6ccccc6)c5)c5ccccc45)c32)c1/C=C\C. The highest BCUT2D eigenvalue weighted by molar-refractivity contribution is 6.26. The van der Waals surface area contributed by atoms with Crippen molar-refractivity contribution in [2.45, 2.75) is 6.92 Å². The molecule has 7 aromatic carbocycles. The molecule has 0 amide bonds. The van der Waals surface area contributed by atoms with Gasteiger partial charge >= 0.3 is 0 Å². The summed E-state index contributed by atoms with van der Waals surface area (Å²) in [6.45, 7) is 6.09. The van der Waals surface area contributed by atoms with E-state index >= 15 is 0 Å². The molecule has 1 heteroatoms. The minimum Gasteiger partial charge on any atom is -0.455 e. The fourth-order valence-electron chi connectivity index (χ4n) is 6.86. The molecular weight excluding hydrogens is 532 g/mol. The first-order valence-electron chi connectivity index (χ1n) is 15.1. The monoisotopic (exact) mass is 562 g/mol. The third-order valence-corrected chi connectivity index (χ3v) is 8.75. The summed E-state index contributed by atoms with van der Waals surface area (Å²) < 4.78 is 6.61. The van der Waals surface area contributed by atoms with Gasteiger partial charge in [0.05, 0.1) is 0 Å². The maximum absolute atomic E-state index is 6.61. The number of furan rings is 1. The molecule has 0 unspecified atom stereocenters. The van der Waals surface area contributed by atoms with Crippen molar-refractivity contribution in [3.05, 3.63) is 157 Å². The molecule has 0 saturated carbocycles. The van der Waals surface area contributed by atoms with Crippen molar-refractivity contribution in [1.29, 1.82) is 0 Å². The van der Waals surface area contributed by atoms with E-state index in [9.17, 15) is 0 Å². The zero-order valence-corrected chi connectivity index (χ0v) is 24.5. The number of benzene rings is 7. The first kappa shape index (κ1) is 26.0. The van der Waals surface area contributed by atoms with Crippen LogP contribution in [0.3, 0.4) is 0 Å². The number of rotatable bonds is 5. The van der Waals surface area contributed by atoms with Crippen LogP contribution in [0.1, 0.15) is 18.1 Å². The molecular formula is C43H30O. The van der Waals surface area contributed by atoms with E-state index in [0.29, 0.717) is 0 Å². The Morgan fingerprint density at radius 2 is 1.16 bits per heavy atom. The summed E-state index contributed by atoms with van der Waals surface area (Å²) in [7, 11) is 0. The van der Waals surface area contributed by atoms with Crippen LogP contribution in [0.5, 0.6) is 0 Å². The highest BCUT2D eigenvalue weighted by atomic mass is 16.3. The molecule has 8 rings (SSSR count). The summed E-state index contributed by atoms with van der Waals surface area (Å²) in [4.78, 5) is 0. The summed E-state index contributed by atoms with van der Waals surface area (Å²) in [6.07, 6.45) is 6.07. The molecule has 0 aliphatic rings. The predicted octanol–water partition coefficient (Wildman–Crippen LogP) is 12.6. The highest BCUT2D eigenvalue weighted by Gasteiger charge is 2.21. The molecule has 1 heterocycles. The lowest BCUT2D eigenvalue weighted by Crippen LogP contribution is -1.91. The first-order valence-corrected chi connectivity index (χ1v) is 15.1. The van der Waals surface area contributed by atoms with Gasteiger partial charge < -0.3 is 4.42 Å². The van der Waals surface area contributed by atoms with Gasteiger partial charge in [0.25, 0.3) is 0 Å². The Balaban J connectivity index is 1.48. The quantitative estimate of drug-likeness (QED) is 0.190. The summed E-state index contributed by atoms with van der Waals surface area (Å²) in [5.74, 6) is 0. The third kappa shape index (κ3) is 4.01. The number of hydrogen-bond donors (Lipinski definition) is 0. The van der Waals surface area contributed by atoms with Crippen molar-refractivity contribution in [2.75, 3.05) is 0 Å². The topological polar surface area (TPSA) is 13.1 Å². The van der Waals surface area contributed by atoms with Crippen molar-refractivity contribution in [3.8, 4) is 33.4 Å². The van der Waals surface area contributed by atoms with E-state index in [0.717, 1.165) is 33.1 Å². The first-order chi connectivity index (χ1) is 21.8. The number of hydrogen-bond acceptors (Lipinski definition) is 1. The van der Waals surface area contributed by atoms with Crippen LogP contribution in [0.25, 0.3) is 89.0 Å². The van der Waals surface area contributed by atoms with Gasteiger partial charge in [0.1, 0.15) is 11.2 Å². The molecule has 0 bridgehead atoms. The molecule has 44 heavy (non-hydrogen) atoms. The van der Waals surface area contributed by atoms with Crippen molar-refractivity contribution >= 4 is 55.6 Å². The zero-order chi connectivity index (χ0) is 29.6. The fraction of sp³-hybridized carbons (Fsp3) is 0.0233. The Labute approximate surface area is 257 Å². The van der Waals surface area contributed by atoms with Crippen molar-refractivity contribution in [1.82, 2.24) is 0 Å². The largest absolute Gasteiger partial charge is 0.455 e. The van der Waals surface area contributed by atoms with E-state index in [1.807, 2.05) is 13.0 Å². The maximum atomic E-state index is 6.61. The molecule has 0 radical (unpaired) electrons. The van der Waals surface area contributed by atoms with Crippen LogP contribution in [0.15, 0.2) is 151 Å². The fourth-order valence-corrected chi connectivity index (χ4v) is 6.86. The molecule has 1 nitrogen and oxygen atoms in total. The molecule has 0 atom stereocenters. The second-order valence-corrected chi connectivity index (χ2v) is 11.2. The van der Waals surface area contributed by atoms with E-state index in [4.69, 9.17) is 4.42 Å². The highest BCUT2D eigenvalue weighted by Crippen LogP contribution is 2.47. The van der Waals surface area contributed by atoms with Gasteiger partial charge in [-0.3, -0.25) is 0 Å². The lowest BCUT2D eigenvalue weighted by molar-refractivity contribution is 0.668. The minimum absolute atomic E-state index is 0.886. The van der Waals surface area contributed by atoms with Crippen molar-refractivity contribution in [2.24, 2.45) is 0 Å². The molecule has 208 valence electrons. The van der Waals surface area contributed by atoms with E-state index in [-0.39, 0.29) is 0 Å². The Kier molecular flexibility index (Phi) is 6.24. The molecule has 0 saturated heterocycles. The summed E-state index contributed by atoms with van der Waals surface area (Å²) in [5.41, 5.74) is 11.2. The van der Waals surface area contributed by atoms with Gasteiger partial charge in [-0.15, -0.1) is 0 Å². The lowest BCUT2D eigenvalue weighted by Gasteiger charge is -2.18. The van der Waals surface area contributed by atoms with Crippen LogP contribution >= 0.6 is 0 Å². The van der Waals surface area contributed by atoms with Crippen molar-refractivity contribution < 1.29 is 4.42 Å². The van der Waals surface area contributed by atoms with Crippen LogP contribution < -0.4 is 0 Å². The Hall–Kier alpha value is -5.66. The Bertz CT molecular complexity index is 2350. The average Bonchev–Trinajstić information content (AvgIpc) is 3.47. The zero-order valence-electron chi connectivity index (χ0n) is 24.5. The third-order valence-electron chi connectivity index (χ3n) is 8.75. The van der Waals surface area contributed by atoms with E-state index in [2.05, 4.69) is 152 Å². The van der Waals surface area contributed by atoms with Crippen LogP contribution in [-0.2, 0) is 0 Å². The van der Waals surface area contributed by atoms with Gasteiger partial charge in [0.2, 0.25) is 0 Å². The molecule has 0 spiro atoms. The van der Waals surface area contributed by atoms with Gasteiger partial charge in [-0.05, 0) is 85.6 Å². The number of fused-ring (bicyclic) bond motifs is 5. The lowest BCUT2D eigenvalue weighted by atomic mass is 9.84. The minimum atomic E-state index is 0.886. The van der Waals surface area contributed by atoms with Gasteiger partial charge in [-0.25, -0.2) is 0 Å². The summed E-state index contributed by atoms with van der Waals surface area (Å²) in [5, 5.41) is 7.17. The Morgan fingerprint density at radius 3 is 1.84 bits per heavy atom. The normalized spacial score (nSPS) is 11.8. The maximum Gasteiger partial charge on any atom is 0.143 e. The smallest absolute Gasteiger partial charge is 0.143 e. The van der Waals surface area contributed by atoms with E-state index in [1.54, 1.807) is 0 Å². The standard InChI is InChI=1S/C43H30O/c1-3-14-32-28(4-2)25-26-38-42-37(23-13-24-39(42)44-43(32)38)41-35-21-10-8-19-33(35)40(34-20-9-11-22-36(34)41)31-18-12-17-30(27-31)29-15-6-5-7-16-29/h3-27H,2H2,1H3/b14-3-. The van der Waals surface area contributed by atoms with Crippen LogP contribution in [0.4, 0.5) is 0 Å². The van der Waals surface area contributed by atoms with E-state index < -0.39 is 0 Å². The van der Waals surface area contributed by atoms with Gasteiger partial charge in [0.15, 0.2) is 0 Å². The van der Waals surface area contributed by atoms with Gasteiger partial charge in [-0.1, -0.05) is 140 Å². The second-order valence-electron chi connectivity index (χ2n) is 11.2. The number of allylic oxidation sites excluding steroid dienone is 1. The van der Waals surface area contributed by atoms with Gasteiger partial charge in [-0.2, -0.15) is 0 Å². The van der Waals surface area contributed by atoms with Crippen LogP contribution in [0.2, 0.25) is 0 Å². The molecule has 0 aliphatic heterocycles. The van der Waals surface area contributed by atoms with Gasteiger partial charge in [0, 0.05) is 16.3 Å². The molecule has 8 aromatic rings. The molecule has 0 aliphatic carbocycles. The van der Waals surface area contributed by atoms with Crippen LogP contribution in [-0.4, -0.2) is 0 Å². The summed E-state index contributed by atoms with van der Waals surface area (Å²) >= 11 is 0. The Morgan fingerprint density at radius 1 is 0.545 bits per heavy atom. The van der Waals surface area contributed by atoms with E-state index in [1.165, 1.54) is 54.9 Å².